The molecule has 1 atom stereocenters. The van der Waals surface area contributed by atoms with E-state index in [2.05, 4.69) is 6.92 Å². The lowest BCUT2D eigenvalue weighted by Crippen LogP contribution is -2.32. The highest BCUT2D eigenvalue weighted by Gasteiger charge is 2.09. The van der Waals surface area contributed by atoms with Crippen LogP contribution in [0, 0.1) is 0 Å². The fraction of sp³-hybridized carbons (Fsp3) is 0.778. The summed E-state index contributed by atoms with van der Waals surface area (Å²) in [5.74, 6) is 0. The van der Waals surface area contributed by atoms with Crippen molar-refractivity contribution in [3.05, 3.63) is 11.6 Å². The fourth-order valence-electron chi connectivity index (χ4n) is 0.972. The Morgan fingerprint density at radius 2 is 2.18 bits per heavy atom. The Balaban J connectivity index is 3.91. The summed E-state index contributed by atoms with van der Waals surface area (Å²) in [6.45, 7) is 6.93. The normalized spacial score (nSPS) is 15.6. The van der Waals surface area contributed by atoms with E-state index in [1.165, 1.54) is 0 Å². The van der Waals surface area contributed by atoms with Crippen LogP contribution in [-0.4, -0.2) is 29.8 Å². The molecule has 0 fully saturated rings. The second-order valence-electron chi connectivity index (χ2n) is 2.89. The molecule has 0 saturated heterocycles. The second kappa shape index (κ2) is 5.33. The molecule has 1 N–H and O–H groups in total. The van der Waals surface area contributed by atoms with Crippen LogP contribution in [0.3, 0.4) is 0 Å². The van der Waals surface area contributed by atoms with Gasteiger partial charge in [0.1, 0.15) is 6.23 Å². The van der Waals surface area contributed by atoms with Crippen LogP contribution in [0.25, 0.3) is 0 Å². The van der Waals surface area contributed by atoms with Gasteiger partial charge in [-0.25, -0.2) is 0 Å². The molecule has 0 spiro atoms. The molecule has 0 aliphatic heterocycles. The molecule has 11 heavy (non-hydrogen) atoms. The lowest BCUT2D eigenvalue weighted by molar-refractivity contribution is 0.0530. The number of allylic oxidation sites excluding steroid dienone is 1. The summed E-state index contributed by atoms with van der Waals surface area (Å²) in [6, 6.07) is 0. The van der Waals surface area contributed by atoms with E-state index in [0.717, 1.165) is 18.5 Å². The highest BCUT2D eigenvalue weighted by Crippen LogP contribution is 2.04. The van der Waals surface area contributed by atoms with Crippen molar-refractivity contribution < 1.29 is 5.11 Å². The van der Waals surface area contributed by atoms with E-state index < -0.39 is 6.23 Å². The third-order valence-corrected chi connectivity index (χ3v) is 1.86. The molecule has 0 aromatic heterocycles. The van der Waals surface area contributed by atoms with Gasteiger partial charge in [-0.2, -0.15) is 0 Å². The predicted molar refractivity (Wildman–Crippen MR) is 48.4 cm³/mol. The first-order chi connectivity index (χ1) is 5.13. The maximum atomic E-state index is 9.57. The number of aliphatic hydroxyl groups is 1. The Labute approximate surface area is 69.5 Å². The summed E-state index contributed by atoms with van der Waals surface area (Å²) in [5, 5.41) is 9.57. The van der Waals surface area contributed by atoms with Crippen molar-refractivity contribution in [1.82, 2.24) is 4.90 Å². The molecule has 0 rings (SSSR count). The van der Waals surface area contributed by atoms with Crippen LogP contribution in [0.2, 0.25) is 0 Å². The molecular formula is C9H19NO. The molecule has 0 radical (unpaired) electrons. The van der Waals surface area contributed by atoms with Crippen molar-refractivity contribution in [2.24, 2.45) is 0 Å². The molecule has 0 aromatic rings. The molecule has 0 saturated carbocycles. The van der Waals surface area contributed by atoms with Crippen LogP contribution >= 0.6 is 0 Å². The smallest absolute Gasteiger partial charge is 0.129 e. The van der Waals surface area contributed by atoms with Crippen molar-refractivity contribution >= 4 is 0 Å². The zero-order valence-electron chi connectivity index (χ0n) is 7.96. The quantitative estimate of drug-likeness (QED) is 0.495. The number of rotatable bonds is 4. The molecule has 0 heterocycles. The monoisotopic (exact) mass is 157 g/mol. The van der Waals surface area contributed by atoms with Crippen molar-refractivity contribution in [3.8, 4) is 0 Å². The Hall–Kier alpha value is -0.340. The molecule has 1 unspecified atom stereocenters. The number of hydrogen-bond acceptors (Lipinski definition) is 2. The Morgan fingerprint density at radius 1 is 1.64 bits per heavy atom. The lowest BCUT2D eigenvalue weighted by atomic mass is 10.2. The van der Waals surface area contributed by atoms with Crippen LogP contribution in [0.15, 0.2) is 11.6 Å². The molecular weight excluding hydrogens is 138 g/mol. The molecule has 2 nitrogen and oxygen atoms in total. The average Bonchev–Trinajstić information content (AvgIpc) is 2.02. The van der Waals surface area contributed by atoms with Crippen molar-refractivity contribution in [3.63, 3.8) is 0 Å². The van der Waals surface area contributed by atoms with Gasteiger partial charge >= 0.3 is 0 Å². The van der Waals surface area contributed by atoms with E-state index in [-0.39, 0.29) is 0 Å². The largest absolute Gasteiger partial charge is 0.374 e. The summed E-state index contributed by atoms with van der Waals surface area (Å²) in [5.41, 5.74) is 1.01. The van der Waals surface area contributed by atoms with Gasteiger partial charge in [0.25, 0.3) is 0 Å². The van der Waals surface area contributed by atoms with Crippen LogP contribution in [0.5, 0.6) is 0 Å². The maximum Gasteiger partial charge on any atom is 0.129 e. The van der Waals surface area contributed by atoms with Crippen molar-refractivity contribution in [1.29, 1.82) is 0 Å². The van der Waals surface area contributed by atoms with Crippen LogP contribution < -0.4 is 0 Å². The number of aliphatic hydroxyl groups excluding tert-OH is 1. The van der Waals surface area contributed by atoms with Gasteiger partial charge in [-0.3, -0.25) is 4.90 Å². The SMILES string of the molecule is C/C=C(\C)C(O)N(C)CCC. The van der Waals surface area contributed by atoms with Gasteiger partial charge in [0.2, 0.25) is 0 Å². The molecule has 0 aromatic carbocycles. The standard InChI is InChI=1S/C9H19NO/c1-5-7-10(4)9(11)8(3)6-2/h6,9,11H,5,7H2,1-4H3/b8-6+. The minimum Gasteiger partial charge on any atom is -0.374 e. The number of nitrogens with zero attached hydrogens (tertiary/aromatic N) is 1. The second-order valence-corrected chi connectivity index (χ2v) is 2.89. The van der Waals surface area contributed by atoms with Gasteiger partial charge in [-0.1, -0.05) is 13.0 Å². The Kier molecular flexibility index (Phi) is 5.16. The molecule has 0 amide bonds. The zero-order chi connectivity index (χ0) is 8.85. The Morgan fingerprint density at radius 3 is 2.55 bits per heavy atom. The first-order valence-corrected chi connectivity index (χ1v) is 4.14. The van der Waals surface area contributed by atoms with Crippen molar-refractivity contribution in [2.75, 3.05) is 13.6 Å². The fourth-order valence-corrected chi connectivity index (χ4v) is 0.972. The third-order valence-electron chi connectivity index (χ3n) is 1.86. The molecule has 0 aliphatic carbocycles. The number of likely N-dealkylation sites (N-methyl/N-ethyl adjacent to an activating group) is 1. The summed E-state index contributed by atoms with van der Waals surface area (Å²) in [4.78, 5) is 1.94. The highest BCUT2D eigenvalue weighted by atomic mass is 16.3. The average molecular weight is 157 g/mol. The lowest BCUT2D eigenvalue weighted by Gasteiger charge is -2.23. The van der Waals surface area contributed by atoms with E-state index >= 15 is 0 Å². The zero-order valence-corrected chi connectivity index (χ0v) is 7.96. The predicted octanol–water partition coefficient (Wildman–Crippen LogP) is 1.61. The summed E-state index contributed by atoms with van der Waals surface area (Å²) < 4.78 is 0. The summed E-state index contributed by atoms with van der Waals surface area (Å²) >= 11 is 0. The maximum absolute atomic E-state index is 9.57. The van der Waals surface area contributed by atoms with Gasteiger partial charge in [-0.15, -0.1) is 0 Å². The molecule has 66 valence electrons. The van der Waals surface area contributed by atoms with Gasteiger partial charge < -0.3 is 5.11 Å². The topological polar surface area (TPSA) is 23.5 Å². The van der Waals surface area contributed by atoms with Gasteiger partial charge in [0.05, 0.1) is 0 Å². The Bertz CT molecular complexity index is 132. The van der Waals surface area contributed by atoms with E-state index in [1.54, 1.807) is 0 Å². The molecule has 2 heteroatoms. The van der Waals surface area contributed by atoms with Crippen LogP contribution in [-0.2, 0) is 0 Å². The van der Waals surface area contributed by atoms with E-state index in [4.69, 9.17) is 0 Å². The van der Waals surface area contributed by atoms with Gasteiger partial charge in [0.15, 0.2) is 0 Å². The van der Waals surface area contributed by atoms with Crippen molar-refractivity contribution in [2.45, 2.75) is 33.4 Å². The van der Waals surface area contributed by atoms with Crippen LogP contribution in [0.1, 0.15) is 27.2 Å². The van der Waals surface area contributed by atoms with Gasteiger partial charge in [0, 0.05) is 6.54 Å². The highest BCUT2D eigenvalue weighted by molar-refractivity contribution is 5.01. The minimum absolute atomic E-state index is 0.403. The molecule has 0 bridgehead atoms. The van der Waals surface area contributed by atoms with E-state index in [9.17, 15) is 5.11 Å². The van der Waals surface area contributed by atoms with E-state index in [0.29, 0.717) is 0 Å². The van der Waals surface area contributed by atoms with Crippen LogP contribution in [0.4, 0.5) is 0 Å². The summed E-state index contributed by atoms with van der Waals surface area (Å²) in [7, 11) is 1.93. The summed E-state index contributed by atoms with van der Waals surface area (Å²) in [6.07, 6.45) is 2.61. The van der Waals surface area contributed by atoms with Gasteiger partial charge in [-0.05, 0) is 32.9 Å². The minimum atomic E-state index is -0.403. The number of hydrogen-bond donors (Lipinski definition) is 1. The molecule has 0 aliphatic rings. The first kappa shape index (κ1) is 10.7. The first-order valence-electron chi connectivity index (χ1n) is 4.14. The third kappa shape index (κ3) is 3.54. The van der Waals surface area contributed by atoms with E-state index in [1.807, 2.05) is 31.9 Å².